The highest BCUT2D eigenvalue weighted by Crippen LogP contribution is 2.41. The summed E-state index contributed by atoms with van der Waals surface area (Å²) in [4.78, 5) is 8.51. The summed E-state index contributed by atoms with van der Waals surface area (Å²) in [6, 6.07) is 17.2. The molecule has 34 heavy (non-hydrogen) atoms. The molecule has 2 heterocycles. The van der Waals surface area contributed by atoms with Crippen molar-refractivity contribution >= 4 is 17.4 Å². The second-order valence-corrected chi connectivity index (χ2v) is 9.23. The molecule has 0 bridgehead atoms. The van der Waals surface area contributed by atoms with Crippen molar-refractivity contribution in [1.29, 1.82) is 0 Å². The van der Waals surface area contributed by atoms with Crippen LogP contribution in [0, 0.1) is 0 Å². The van der Waals surface area contributed by atoms with Crippen LogP contribution in [0.3, 0.4) is 0 Å². The van der Waals surface area contributed by atoms with Gasteiger partial charge in [-0.15, -0.1) is 11.8 Å². The molecule has 0 aliphatic carbocycles. The summed E-state index contributed by atoms with van der Waals surface area (Å²) < 4.78 is 16.6. The number of rotatable bonds is 9. The highest BCUT2D eigenvalue weighted by Gasteiger charge is 2.21. The number of ether oxygens (including phenoxy) is 3. The number of thioether (sulfide) groups is 1. The van der Waals surface area contributed by atoms with Crippen molar-refractivity contribution in [3.05, 3.63) is 60.3 Å². The lowest BCUT2D eigenvalue weighted by molar-refractivity contribution is 0.211. The molecule has 1 aromatic heterocycles. The van der Waals surface area contributed by atoms with Gasteiger partial charge in [0.1, 0.15) is 0 Å². The largest absolute Gasteiger partial charge is 0.493 e. The van der Waals surface area contributed by atoms with E-state index in [1.54, 1.807) is 33.1 Å². The number of hydrogen-bond acceptors (Lipinski definition) is 7. The number of anilines is 1. The fraction of sp³-hybridized carbons (Fsp3) is 0.370. The predicted molar refractivity (Wildman–Crippen MR) is 139 cm³/mol. The summed E-state index contributed by atoms with van der Waals surface area (Å²) in [5, 5.41) is 3.72. The zero-order chi connectivity index (χ0) is 23.9. The lowest BCUT2D eigenvalue weighted by Gasteiger charge is -2.33. The summed E-state index contributed by atoms with van der Waals surface area (Å²) in [6.45, 7) is 2.95. The van der Waals surface area contributed by atoms with Crippen LogP contribution in [-0.2, 0) is 6.54 Å². The molecule has 0 saturated carbocycles. The van der Waals surface area contributed by atoms with Crippen molar-refractivity contribution in [2.24, 2.45) is 0 Å². The first-order valence-electron chi connectivity index (χ1n) is 11.5. The number of nitrogens with zero attached hydrogens (tertiary/aromatic N) is 2. The van der Waals surface area contributed by atoms with Gasteiger partial charge in [0.05, 0.1) is 27.0 Å². The van der Waals surface area contributed by atoms with Crippen molar-refractivity contribution in [1.82, 2.24) is 9.88 Å². The molecule has 1 aliphatic heterocycles. The van der Waals surface area contributed by atoms with Crippen LogP contribution in [0.15, 0.2) is 59.6 Å². The van der Waals surface area contributed by atoms with Crippen LogP contribution >= 0.6 is 11.8 Å². The zero-order valence-corrected chi connectivity index (χ0v) is 21.2. The Kier molecular flexibility index (Phi) is 8.19. The van der Waals surface area contributed by atoms with Gasteiger partial charge in [-0.25, -0.2) is 0 Å². The Hall–Kier alpha value is -2.90. The molecule has 6 nitrogen and oxygen atoms in total. The van der Waals surface area contributed by atoms with Gasteiger partial charge in [-0.05, 0) is 61.1 Å². The Bertz CT molecular complexity index is 1070. The number of nitrogens with one attached hydrogen (secondary N) is 1. The van der Waals surface area contributed by atoms with Gasteiger partial charge in [0.15, 0.2) is 11.5 Å². The first kappa shape index (κ1) is 24.2. The van der Waals surface area contributed by atoms with Crippen LogP contribution in [0.25, 0.3) is 11.3 Å². The minimum absolute atomic E-state index is 0.497. The SMILES string of the molecule is COc1cc(-c2ncccc2CN2CCC(Nc3cccc(SC)c3)CC2)cc(OC)c1OC. The van der Waals surface area contributed by atoms with Gasteiger partial charge in [0, 0.05) is 48.0 Å². The normalized spacial score (nSPS) is 14.6. The van der Waals surface area contributed by atoms with E-state index in [0.29, 0.717) is 23.3 Å². The number of piperidine rings is 1. The quantitative estimate of drug-likeness (QED) is 0.403. The number of hydrogen-bond donors (Lipinski definition) is 1. The standard InChI is InChI=1S/C27H33N3O3S/c1-31-24-15-20(16-25(32-2)27(24)33-3)26-19(7-6-12-28-26)18-30-13-10-21(11-14-30)29-22-8-5-9-23(17-22)34-4/h5-9,12,15-17,21,29H,10-11,13-14,18H2,1-4H3. The van der Waals surface area contributed by atoms with E-state index in [9.17, 15) is 0 Å². The molecule has 1 N–H and O–H groups in total. The van der Waals surface area contributed by atoms with E-state index in [2.05, 4.69) is 46.8 Å². The van der Waals surface area contributed by atoms with E-state index in [-0.39, 0.29) is 0 Å². The minimum Gasteiger partial charge on any atom is -0.493 e. The Morgan fingerprint density at radius 1 is 0.971 bits per heavy atom. The topological polar surface area (TPSA) is 55.9 Å². The molecular weight excluding hydrogens is 446 g/mol. The molecule has 0 unspecified atom stereocenters. The maximum absolute atomic E-state index is 5.55. The molecule has 0 radical (unpaired) electrons. The van der Waals surface area contributed by atoms with Gasteiger partial charge < -0.3 is 19.5 Å². The maximum atomic E-state index is 5.55. The zero-order valence-electron chi connectivity index (χ0n) is 20.3. The average Bonchev–Trinajstić information content (AvgIpc) is 2.89. The van der Waals surface area contributed by atoms with Crippen LogP contribution in [0.1, 0.15) is 18.4 Å². The summed E-state index contributed by atoms with van der Waals surface area (Å²) in [5.74, 6) is 1.85. The van der Waals surface area contributed by atoms with Gasteiger partial charge in [0.25, 0.3) is 0 Å². The van der Waals surface area contributed by atoms with E-state index < -0.39 is 0 Å². The third-order valence-electron chi connectivity index (χ3n) is 6.25. The smallest absolute Gasteiger partial charge is 0.203 e. The molecule has 0 atom stereocenters. The Morgan fingerprint density at radius 2 is 1.71 bits per heavy atom. The summed E-state index contributed by atoms with van der Waals surface area (Å²) in [7, 11) is 4.88. The third-order valence-corrected chi connectivity index (χ3v) is 6.98. The van der Waals surface area contributed by atoms with E-state index in [4.69, 9.17) is 19.2 Å². The highest BCUT2D eigenvalue weighted by molar-refractivity contribution is 7.98. The molecule has 180 valence electrons. The number of likely N-dealkylation sites (tertiary alicyclic amines) is 1. The van der Waals surface area contributed by atoms with E-state index in [0.717, 1.165) is 43.7 Å². The molecule has 0 amide bonds. The molecule has 1 saturated heterocycles. The van der Waals surface area contributed by atoms with Crippen LogP contribution in [0.2, 0.25) is 0 Å². The van der Waals surface area contributed by atoms with Gasteiger partial charge in [-0.3, -0.25) is 9.88 Å². The van der Waals surface area contributed by atoms with Crippen molar-refractivity contribution in [3.63, 3.8) is 0 Å². The Balaban J connectivity index is 1.45. The molecule has 1 aliphatic rings. The Morgan fingerprint density at radius 3 is 2.35 bits per heavy atom. The minimum atomic E-state index is 0.497. The molecule has 1 fully saturated rings. The van der Waals surface area contributed by atoms with E-state index in [1.165, 1.54) is 16.1 Å². The molecule has 7 heteroatoms. The summed E-state index contributed by atoms with van der Waals surface area (Å²) in [5.41, 5.74) is 4.30. The van der Waals surface area contributed by atoms with Crippen LogP contribution in [-0.4, -0.2) is 56.6 Å². The fourth-order valence-electron chi connectivity index (χ4n) is 4.47. The van der Waals surface area contributed by atoms with Crippen LogP contribution in [0.4, 0.5) is 5.69 Å². The maximum Gasteiger partial charge on any atom is 0.203 e. The highest BCUT2D eigenvalue weighted by atomic mass is 32.2. The van der Waals surface area contributed by atoms with Gasteiger partial charge in [-0.1, -0.05) is 12.1 Å². The first-order chi connectivity index (χ1) is 16.6. The first-order valence-corrected chi connectivity index (χ1v) is 12.7. The average molecular weight is 480 g/mol. The molecule has 0 spiro atoms. The van der Waals surface area contributed by atoms with E-state index in [1.807, 2.05) is 24.4 Å². The Labute approximate surface area is 206 Å². The third kappa shape index (κ3) is 5.59. The monoisotopic (exact) mass is 479 g/mol. The lowest BCUT2D eigenvalue weighted by atomic mass is 10.0. The second kappa shape index (κ2) is 11.5. The van der Waals surface area contributed by atoms with Gasteiger partial charge >= 0.3 is 0 Å². The van der Waals surface area contributed by atoms with Crippen molar-refractivity contribution in [2.75, 3.05) is 46.0 Å². The molecule has 4 rings (SSSR count). The molecular formula is C27H33N3O3S. The van der Waals surface area contributed by atoms with Crippen LogP contribution in [0.5, 0.6) is 17.2 Å². The number of aromatic nitrogens is 1. The van der Waals surface area contributed by atoms with Crippen molar-refractivity contribution in [2.45, 2.75) is 30.3 Å². The molecule has 3 aromatic rings. The number of methoxy groups -OCH3 is 3. The van der Waals surface area contributed by atoms with Crippen molar-refractivity contribution in [3.8, 4) is 28.5 Å². The second-order valence-electron chi connectivity index (χ2n) is 8.35. The predicted octanol–water partition coefficient (Wildman–Crippen LogP) is 5.57. The van der Waals surface area contributed by atoms with E-state index >= 15 is 0 Å². The lowest BCUT2D eigenvalue weighted by Crippen LogP contribution is -2.38. The molecule has 2 aromatic carbocycles. The number of benzene rings is 2. The van der Waals surface area contributed by atoms with Gasteiger partial charge in [-0.2, -0.15) is 0 Å². The number of pyridine rings is 1. The fourth-order valence-corrected chi connectivity index (χ4v) is 4.93. The summed E-state index contributed by atoms with van der Waals surface area (Å²) in [6.07, 6.45) is 6.18. The summed E-state index contributed by atoms with van der Waals surface area (Å²) >= 11 is 1.78. The van der Waals surface area contributed by atoms with Gasteiger partial charge in [0.2, 0.25) is 5.75 Å². The van der Waals surface area contributed by atoms with Crippen molar-refractivity contribution < 1.29 is 14.2 Å². The van der Waals surface area contributed by atoms with Crippen LogP contribution < -0.4 is 19.5 Å².